The molecule has 48 heavy (non-hydrogen) atoms. The molecule has 7 rings (SSSR count). The van der Waals surface area contributed by atoms with Gasteiger partial charge in [-0.3, -0.25) is 14.3 Å². The summed E-state index contributed by atoms with van der Waals surface area (Å²) in [6.07, 6.45) is -4.32. The van der Waals surface area contributed by atoms with Crippen LogP contribution in [0.3, 0.4) is 0 Å². The molecular weight excluding hydrogens is 669 g/mol. The first-order valence-corrected chi connectivity index (χ1v) is 15.4. The first-order valence-electron chi connectivity index (χ1n) is 15.0. The Kier molecular flexibility index (Phi) is 7.67. The van der Waals surface area contributed by atoms with Gasteiger partial charge in [-0.1, -0.05) is 11.6 Å². The van der Waals surface area contributed by atoms with E-state index in [1.54, 1.807) is 4.90 Å². The zero-order valence-corrected chi connectivity index (χ0v) is 25.8. The summed E-state index contributed by atoms with van der Waals surface area (Å²) in [5.41, 5.74) is -1.72. The minimum absolute atomic E-state index is 0.0282. The van der Waals surface area contributed by atoms with Crippen molar-refractivity contribution in [3.63, 3.8) is 0 Å². The molecule has 5 atom stereocenters. The van der Waals surface area contributed by atoms with Crippen LogP contribution in [0.4, 0.5) is 32.4 Å². The number of piperidine rings is 1. The maximum Gasteiger partial charge on any atom is 0.435 e. The van der Waals surface area contributed by atoms with E-state index in [0.29, 0.717) is 30.9 Å². The van der Waals surface area contributed by atoms with Crippen molar-refractivity contribution in [2.75, 3.05) is 31.5 Å². The number of nitrogens with one attached hydrogen (secondary N) is 4. The Labute approximate surface area is 273 Å². The molecule has 0 radical (unpaired) electrons. The number of hydrogen-bond donors (Lipinski definition) is 5. The minimum Gasteiger partial charge on any atom is -0.390 e. The standard InChI is InChI=1S/C29H29ClF5N9O4/c1-42-19(16-11-44(21-5-28(21,31)32)41-23(16)29(33,34)35)7-37-24(42)26(47)38-12-2-3-13(17(30)4-12)25(46)40-22-14-9-43(10-15(14)22)27(48)39-18-6-36-8-20(18)45/h2-4,7,11,14-15,18,20-22,36,45H,5-6,8-10H2,1H3,(H,38,47)(H,39,48)(H,40,46)/t14?,15?,18-,20-,21?,22?/m0/s1. The number of aliphatic hydroxyl groups is 1. The molecule has 2 aliphatic heterocycles. The second-order valence-corrected chi connectivity index (χ2v) is 12.9. The lowest BCUT2D eigenvalue weighted by atomic mass is 10.2. The molecule has 2 saturated carbocycles. The summed E-state index contributed by atoms with van der Waals surface area (Å²) in [6, 6.07) is 1.94. The third-order valence-electron chi connectivity index (χ3n) is 9.32. The molecule has 2 aliphatic carbocycles. The number of aliphatic hydroxyl groups excluding tert-OH is 1. The van der Waals surface area contributed by atoms with Gasteiger partial charge in [0, 0.05) is 69.4 Å². The number of rotatable bonds is 7. The third kappa shape index (κ3) is 5.85. The van der Waals surface area contributed by atoms with Crippen molar-refractivity contribution in [1.82, 2.24) is 40.2 Å². The number of benzene rings is 1. The van der Waals surface area contributed by atoms with Crippen molar-refractivity contribution in [2.45, 2.75) is 42.7 Å². The largest absolute Gasteiger partial charge is 0.435 e. The highest BCUT2D eigenvalue weighted by Crippen LogP contribution is 2.53. The van der Waals surface area contributed by atoms with Crippen LogP contribution in [0.25, 0.3) is 11.3 Å². The Bertz CT molecular complexity index is 1800. The fourth-order valence-electron chi connectivity index (χ4n) is 6.47. The number of fused-ring (bicyclic) bond motifs is 1. The molecule has 0 bridgehead atoms. The molecule has 13 nitrogen and oxygen atoms in total. The van der Waals surface area contributed by atoms with Crippen LogP contribution in [0.5, 0.6) is 0 Å². The van der Waals surface area contributed by atoms with Crippen molar-refractivity contribution in [3.05, 3.63) is 52.7 Å². The van der Waals surface area contributed by atoms with E-state index in [1.807, 2.05) is 0 Å². The summed E-state index contributed by atoms with van der Waals surface area (Å²) >= 11 is 6.38. The number of β-amino-alcohol motifs (C(OH)–C–C–N with tert-alkyl or cyclic N) is 1. The van der Waals surface area contributed by atoms with Crippen molar-refractivity contribution in [1.29, 1.82) is 0 Å². The fraction of sp³-hybridized carbons (Fsp3) is 0.483. The number of amides is 4. The topological polar surface area (TPSA) is 158 Å². The quantitative estimate of drug-likeness (QED) is 0.238. The van der Waals surface area contributed by atoms with E-state index in [4.69, 9.17) is 11.6 Å². The normalized spacial score (nSPS) is 27.0. The number of urea groups is 1. The number of hydrogen-bond acceptors (Lipinski definition) is 7. The molecular formula is C29H29ClF5N9O4. The molecule has 4 amide bonds. The number of likely N-dealkylation sites (tertiary alicyclic amines) is 1. The maximum atomic E-state index is 13.7. The van der Waals surface area contributed by atoms with Gasteiger partial charge in [-0.2, -0.15) is 18.3 Å². The lowest BCUT2D eigenvalue weighted by Crippen LogP contribution is -2.49. The average molecular weight is 698 g/mol. The molecule has 4 aliphatic rings. The molecule has 2 aromatic heterocycles. The average Bonchev–Trinajstić information content (AvgIpc) is 3.46. The zero-order valence-electron chi connectivity index (χ0n) is 25.1. The second-order valence-electron chi connectivity index (χ2n) is 12.5. The van der Waals surface area contributed by atoms with E-state index in [-0.39, 0.29) is 57.7 Å². The number of carbonyl (C=O) groups excluding carboxylic acids is 3. The number of anilines is 1. The summed E-state index contributed by atoms with van der Waals surface area (Å²) in [4.78, 5) is 44.2. The Hall–Kier alpha value is -4.29. The number of alkyl halides is 5. The van der Waals surface area contributed by atoms with Gasteiger partial charge in [0.15, 0.2) is 11.5 Å². The van der Waals surface area contributed by atoms with Crippen molar-refractivity contribution < 1.29 is 41.4 Å². The van der Waals surface area contributed by atoms with Crippen molar-refractivity contribution >= 4 is 35.1 Å². The van der Waals surface area contributed by atoms with Crippen molar-refractivity contribution in [3.8, 4) is 11.3 Å². The molecule has 256 valence electrons. The monoisotopic (exact) mass is 697 g/mol. The summed E-state index contributed by atoms with van der Waals surface area (Å²) in [5, 5.41) is 24.6. The van der Waals surface area contributed by atoms with Crippen LogP contribution in [0.15, 0.2) is 30.6 Å². The van der Waals surface area contributed by atoms with E-state index >= 15 is 0 Å². The molecule has 5 N–H and O–H groups in total. The lowest BCUT2D eigenvalue weighted by Gasteiger charge is -2.24. The van der Waals surface area contributed by atoms with Gasteiger partial charge in [0.1, 0.15) is 6.04 Å². The summed E-state index contributed by atoms with van der Waals surface area (Å²) in [5.74, 6) is -4.50. The van der Waals surface area contributed by atoms with Crippen LogP contribution in [0.2, 0.25) is 5.02 Å². The highest BCUT2D eigenvalue weighted by Gasteiger charge is 2.60. The van der Waals surface area contributed by atoms with Crippen LogP contribution < -0.4 is 21.3 Å². The molecule has 4 heterocycles. The summed E-state index contributed by atoms with van der Waals surface area (Å²) < 4.78 is 70.0. The SMILES string of the molecule is Cn1c(-c2cn(C3CC3(F)F)nc2C(F)(F)F)cnc1C(=O)Nc1ccc(C(=O)NC2C3CN(C(=O)N[C@H]4CNC[C@@H]4O)CC32)c(Cl)c1. The van der Waals surface area contributed by atoms with E-state index in [1.165, 1.54) is 25.2 Å². The van der Waals surface area contributed by atoms with Crippen LogP contribution >= 0.6 is 11.6 Å². The first-order chi connectivity index (χ1) is 22.6. The number of imidazole rings is 1. The van der Waals surface area contributed by atoms with Gasteiger partial charge in [0.05, 0.1) is 40.2 Å². The molecule has 1 aromatic carbocycles. The lowest BCUT2D eigenvalue weighted by molar-refractivity contribution is -0.141. The van der Waals surface area contributed by atoms with Crippen LogP contribution in [-0.2, 0) is 13.2 Å². The zero-order chi connectivity index (χ0) is 34.3. The molecule has 0 spiro atoms. The Morgan fingerprint density at radius 3 is 2.42 bits per heavy atom. The first kappa shape index (κ1) is 32.3. The highest BCUT2D eigenvalue weighted by atomic mass is 35.5. The smallest absolute Gasteiger partial charge is 0.390 e. The molecule has 2 saturated heterocycles. The molecule has 19 heteroatoms. The molecule has 3 aromatic rings. The minimum atomic E-state index is -4.95. The Balaban J connectivity index is 0.967. The Morgan fingerprint density at radius 2 is 1.81 bits per heavy atom. The van der Waals surface area contributed by atoms with E-state index in [9.17, 15) is 41.4 Å². The maximum absolute atomic E-state index is 13.7. The van der Waals surface area contributed by atoms with Gasteiger partial charge in [-0.25, -0.2) is 18.6 Å². The second kappa shape index (κ2) is 11.4. The van der Waals surface area contributed by atoms with Crippen LogP contribution in [-0.4, -0.2) is 97.5 Å². The number of carbonyl (C=O) groups is 3. The van der Waals surface area contributed by atoms with Gasteiger partial charge < -0.3 is 35.8 Å². The van der Waals surface area contributed by atoms with E-state index in [2.05, 4.69) is 31.3 Å². The summed E-state index contributed by atoms with van der Waals surface area (Å²) in [6.45, 7) is 1.83. The fourth-order valence-corrected chi connectivity index (χ4v) is 6.73. The van der Waals surface area contributed by atoms with Gasteiger partial charge >= 0.3 is 12.2 Å². The predicted molar refractivity (Wildman–Crippen MR) is 158 cm³/mol. The third-order valence-corrected chi connectivity index (χ3v) is 9.63. The van der Waals surface area contributed by atoms with Crippen LogP contribution in [0.1, 0.15) is 39.1 Å². The number of nitrogens with zero attached hydrogens (tertiary/aromatic N) is 5. The van der Waals surface area contributed by atoms with Gasteiger partial charge in [-0.05, 0) is 18.2 Å². The van der Waals surface area contributed by atoms with Crippen molar-refractivity contribution in [2.24, 2.45) is 18.9 Å². The van der Waals surface area contributed by atoms with Crippen LogP contribution in [0, 0.1) is 11.8 Å². The van der Waals surface area contributed by atoms with Gasteiger partial charge in [-0.15, -0.1) is 0 Å². The molecule has 3 unspecified atom stereocenters. The Morgan fingerprint density at radius 1 is 1.10 bits per heavy atom. The van der Waals surface area contributed by atoms with Gasteiger partial charge in [0.2, 0.25) is 0 Å². The predicted octanol–water partition coefficient (Wildman–Crippen LogP) is 2.49. The summed E-state index contributed by atoms with van der Waals surface area (Å²) in [7, 11) is 1.30. The highest BCUT2D eigenvalue weighted by molar-refractivity contribution is 6.34. The van der Waals surface area contributed by atoms with Gasteiger partial charge in [0.25, 0.3) is 17.7 Å². The van der Waals surface area contributed by atoms with E-state index < -0.39 is 53.7 Å². The molecule has 4 fully saturated rings. The van der Waals surface area contributed by atoms with E-state index in [0.717, 1.165) is 17.0 Å². The number of aromatic nitrogens is 4. The number of halogens is 6.